The summed E-state index contributed by atoms with van der Waals surface area (Å²) in [7, 11) is 0. The summed E-state index contributed by atoms with van der Waals surface area (Å²) in [6, 6.07) is 0. The van der Waals surface area contributed by atoms with Crippen LogP contribution >= 0.6 is 0 Å². The third-order valence-electron chi connectivity index (χ3n) is 0. The van der Waals surface area contributed by atoms with Gasteiger partial charge in [-0.1, -0.05) is 0 Å². The summed E-state index contributed by atoms with van der Waals surface area (Å²) in [6.07, 6.45) is 0. The van der Waals surface area contributed by atoms with Crippen LogP contribution in [0.25, 0.3) is 0 Å². The molecule has 0 unspecified atom stereocenters. The van der Waals surface area contributed by atoms with Crippen LogP contribution in [0.5, 0.6) is 0 Å². The van der Waals surface area contributed by atoms with Gasteiger partial charge < -0.3 is 0 Å². The SMILES string of the molecule is [Gd+3].[O]=[V]([O-])([O-])[O-]. The van der Waals surface area contributed by atoms with Gasteiger partial charge >= 0.3 is 70.7 Å². The molecular weight excluding hydrogens is 272 g/mol. The first kappa shape index (κ1) is 10.5. The molecular formula is GdO4V. The molecule has 0 heterocycles. The van der Waals surface area contributed by atoms with Crippen molar-refractivity contribution < 1.29 is 70.7 Å². The van der Waals surface area contributed by atoms with Crippen molar-refractivity contribution in [3.8, 4) is 0 Å². The summed E-state index contributed by atoms with van der Waals surface area (Å²) in [5.74, 6) is 0. The van der Waals surface area contributed by atoms with E-state index in [1.165, 1.54) is 0 Å². The molecule has 4 nitrogen and oxygen atoms in total. The van der Waals surface area contributed by atoms with E-state index in [2.05, 4.69) is 0 Å². The average molecular weight is 272 g/mol. The quantitative estimate of drug-likeness (QED) is 0.454. The summed E-state index contributed by atoms with van der Waals surface area (Å²) >= 11 is -5.88. The van der Waals surface area contributed by atoms with Crippen LogP contribution in [0.2, 0.25) is 0 Å². The second-order valence-electron chi connectivity index (χ2n) is 0.447. The zero-order valence-corrected chi connectivity index (χ0v) is 6.10. The van der Waals surface area contributed by atoms with E-state index >= 15 is 0 Å². The van der Waals surface area contributed by atoms with E-state index in [0.29, 0.717) is 0 Å². The van der Waals surface area contributed by atoms with Crippen molar-refractivity contribution >= 4 is 0 Å². The molecule has 1 radical (unpaired) electrons. The van der Waals surface area contributed by atoms with Crippen LogP contribution in [0.3, 0.4) is 0 Å². The number of hydrogen-bond donors (Lipinski definition) is 0. The third kappa shape index (κ3) is 46.6. The fourth-order valence-corrected chi connectivity index (χ4v) is 0. The van der Waals surface area contributed by atoms with E-state index in [9.17, 15) is 0 Å². The topological polar surface area (TPSA) is 86.2 Å². The monoisotopic (exact) mass is 273 g/mol. The Kier molecular flexibility index (Phi) is 6.28. The Balaban J connectivity index is 0. The molecule has 0 spiro atoms. The van der Waals surface area contributed by atoms with Crippen LogP contribution in [0.1, 0.15) is 0 Å². The van der Waals surface area contributed by atoms with E-state index in [-0.39, 0.29) is 39.9 Å². The zero-order valence-electron chi connectivity index (χ0n) is 2.43. The molecule has 37 valence electrons. The first-order chi connectivity index (χ1) is 2.00. The van der Waals surface area contributed by atoms with E-state index < -0.39 is 15.0 Å². The predicted octanol–water partition coefficient (Wildman–Crippen LogP) is -3.69. The van der Waals surface area contributed by atoms with Crippen LogP contribution in [0.4, 0.5) is 0 Å². The van der Waals surface area contributed by atoms with Gasteiger partial charge in [-0.3, -0.25) is 0 Å². The van der Waals surface area contributed by atoms with Crippen LogP contribution in [-0.4, -0.2) is 0 Å². The van der Waals surface area contributed by atoms with Crippen LogP contribution < -0.4 is 12.1 Å². The Morgan fingerprint density at radius 3 is 1.17 bits per heavy atom. The van der Waals surface area contributed by atoms with Crippen molar-refractivity contribution in [1.29, 1.82) is 0 Å². The van der Waals surface area contributed by atoms with E-state index in [4.69, 9.17) is 15.8 Å². The van der Waals surface area contributed by atoms with Gasteiger partial charge in [0.2, 0.25) is 0 Å². The Bertz CT molecular complexity index is 53.7. The number of rotatable bonds is 0. The molecule has 0 saturated heterocycles. The normalized spacial score (nSPS) is 9.83. The fourth-order valence-electron chi connectivity index (χ4n) is 0. The molecule has 0 saturated carbocycles. The molecule has 0 N–H and O–H groups in total. The minimum absolute atomic E-state index is 0. The molecule has 0 aromatic heterocycles. The first-order valence-electron chi connectivity index (χ1n) is 0.730. The molecule has 0 bridgehead atoms. The summed E-state index contributed by atoms with van der Waals surface area (Å²) < 4.78 is 34.4. The fraction of sp³-hybridized carbons (Fsp3) is 0. The molecule has 0 amide bonds. The van der Waals surface area contributed by atoms with Gasteiger partial charge in [-0.05, 0) is 0 Å². The molecule has 0 aliphatic rings. The van der Waals surface area contributed by atoms with Gasteiger partial charge in [-0.15, -0.1) is 0 Å². The van der Waals surface area contributed by atoms with Crippen molar-refractivity contribution in [3.05, 3.63) is 0 Å². The second-order valence-corrected chi connectivity index (χ2v) is 1.84. The molecule has 0 rings (SSSR count). The molecule has 0 aromatic carbocycles. The van der Waals surface area contributed by atoms with Crippen LogP contribution in [-0.2, 0) is 18.7 Å². The Hall–Kier alpha value is 1.59. The molecule has 0 fully saturated rings. The van der Waals surface area contributed by atoms with E-state index in [1.807, 2.05) is 0 Å². The summed E-state index contributed by atoms with van der Waals surface area (Å²) in [5, 5.41) is 0. The van der Waals surface area contributed by atoms with E-state index in [1.54, 1.807) is 0 Å². The molecule has 0 aromatic rings. The van der Waals surface area contributed by atoms with Gasteiger partial charge in [-0.2, -0.15) is 0 Å². The summed E-state index contributed by atoms with van der Waals surface area (Å²) in [5.41, 5.74) is 0. The third-order valence-corrected chi connectivity index (χ3v) is 0. The molecule has 0 atom stereocenters. The van der Waals surface area contributed by atoms with Crippen LogP contribution in [0.15, 0.2) is 0 Å². The number of hydrogen-bond acceptors (Lipinski definition) is 4. The van der Waals surface area contributed by atoms with Crippen molar-refractivity contribution in [1.82, 2.24) is 0 Å². The Labute approximate surface area is 69.8 Å². The van der Waals surface area contributed by atoms with E-state index in [0.717, 1.165) is 0 Å². The minimum atomic E-state index is -5.88. The summed E-state index contributed by atoms with van der Waals surface area (Å²) in [4.78, 5) is 0. The Morgan fingerprint density at radius 2 is 1.17 bits per heavy atom. The van der Waals surface area contributed by atoms with Crippen molar-refractivity contribution in [2.24, 2.45) is 0 Å². The molecule has 6 heteroatoms. The maximum absolute atomic E-state index is 8.61. The molecule has 0 aliphatic heterocycles. The Morgan fingerprint density at radius 1 is 1.17 bits per heavy atom. The average Bonchev–Trinajstić information content (AvgIpc) is 0.722. The van der Waals surface area contributed by atoms with Crippen molar-refractivity contribution in [2.45, 2.75) is 0 Å². The summed E-state index contributed by atoms with van der Waals surface area (Å²) in [6.45, 7) is 0. The second kappa shape index (κ2) is 3.57. The molecule has 0 aliphatic carbocycles. The van der Waals surface area contributed by atoms with Gasteiger partial charge in [0.05, 0.1) is 0 Å². The first-order valence-corrected chi connectivity index (χ1v) is 3.01. The standard InChI is InChI=1S/Gd.4O.V/q+3;;3*-1;. The van der Waals surface area contributed by atoms with Crippen LogP contribution in [0, 0.1) is 39.9 Å². The zero-order chi connectivity index (χ0) is 4.50. The van der Waals surface area contributed by atoms with Gasteiger partial charge in [0, 0.05) is 0 Å². The van der Waals surface area contributed by atoms with Gasteiger partial charge in [-0.25, -0.2) is 0 Å². The van der Waals surface area contributed by atoms with Gasteiger partial charge in [0.25, 0.3) is 0 Å². The molecule has 6 heavy (non-hydrogen) atoms. The van der Waals surface area contributed by atoms with Gasteiger partial charge in [0.1, 0.15) is 0 Å². The van der Waals surface area contributed by atoms with Gasteiger partial charge in [0.15, 0.2) is 0 Å². The maximum atomic E-state index is 8.61. The van der Waals surface area contributed by atoms with Crippen molar-refractivity contribution in [3.63, 3.8) is 0 Å². The van der Waals surface area contributed by atoms with Crippen molar-refractivity contribution in [2.75, 3.05) is 0 Å². The predicted molar refractivity (Wildman–Crippen MR) is 0.686 cm³/mol.